The van der Waals surface area contributed by atoms with E-state index in [0.29, 0.717) is 11.1 Å². The first kappa shape index (κ1) is 18.8. The molecule has 5 nitrogen and oxygen atoms in total. The minimum absolute atomic E-state index is 0.0831. The smallest absolute Gasteiger partial charge is 0.332 e. The summed E-state index contributed by atoms with van der Waals surface area (Å²) in [5.41, 5.74) is 0.906. The number of benzene rings is 2. The first-order chi connectivity index (χ1) is 11.7. The van der Waals surface area contributed by atoms with Gasteiger partial charge in [-0.1, -0.05) is 24.3 Å². The number of aliphatic hydroxyl groups excluding tert-OH is 1. The summed E-state index contributed by atoms with van der Waals surface area (Å²) in [6, 6.07) is 11.1. The van der Waals surface area contributed by atoms with Gasteiger partial charge in [0, 0.05) is 24.9 Å². The fraction of sp³-hybridized carbons (Fsp3) is 0.167. The van der Waals surface area contributed by atoms with Gasteiger partial charge in [-0.05, 0) is 41.0 Å². The number of carbonyl (C=O) groups is 1. The summed E-state index contributed by atoms with van der Waals surface area (Å²) in [6.45, 7) is -0.387. The van der Waals surface area contributed by atoms with Crippen molar-refractivity contribution in [1.82, 2.24) is 0 Å². The number of carboxylic acids is 1. The highest BCUT2D eigenvalue weighted by Gasteiger charge is 2.18. The summed E-state index contributed by atoms with van der Waals surface area (Å²) in [6.07, 6.45) is 0.939. The zero-order valence-electron chi connectivity index (χ0n) is 13.4. The van der Waals surface area contributed by atoms with Gasteiger partial charge in [-0.15, -0.1) is 0 Å². The molecule has 2 rings (SSSR count). The number of hydrogen-bond acceptors (Lipinski definition) is 4. The summed E-state index contributed by atoms with van der Waals surface area (Å²) in [7, 11) is -3.40. The summed E-state index contributed by atoms with van der Waals surface area (Å²) >= 11 is 0. The second-order valence-corrected chi connectivity index (χ2v) is 7.45. The van der Waals surface area contributed by atoms with E-state index >= 15 is 0 Å². The summed E-state index contributed by atoms with van der Waals surface area (Å²) in [4.78, 5) is 11.7. The Kier molecular flexibility index (Phi) is 5.71. The van der Waals surface area contributed by atoms with E-state index in [1.807, 2.05) is 0 Å². The van der Waals surface area contributed by atoms with Crippen LogP contribution in [0, 0.1) is 5.82 Å². The highest BCUT2D eigenvalue weighted by atomic mass is 32.2. The van der Waals surface area contributed by atoms with Crippen LogP contribution in [0.15, 0.2) is 59.0 Å². The normalized spacial score (nSPS) is 12.6. The van der Waals surface area contributed by atoms with Gasteiger partial charge in [0.15, 0.2) is 9.84 Å². The zero-order valence-corrected chi connectivity index (χ0v) is 14.3. The van der Waals surface area contributed by atoms with Gasteiger partial charge in [0.05, 0.1) is 4.90 Å². The van der Waals surface area contributed by atoms with Crippen molar-refractivity contribution in [2.24, 2.45) is 0 Å². The monoisotopic (exact) mass is 364 g/mol. The Morgan fingerprint density at radius 2 is 1.72 bits per heavy atom. The van der Waals surface area contributed by atoms with Crippen LogP contribution in [-0.2, 0) is 14.6 Å². The summed E-state index contributed by atoms with van der Waals surface area (Å²) in [5, 5.41) is 18.7. The van der Waals surface area contributed by atoms with Crippen molar-refractivity contribution < 1.29 is 27.8 Å². The van der Waals surface area contributed by atoms with E-state index in [0.717, 1.165) is 6.26 Å². The molecule has 0 aliphatic heterocycles. The third-order valence-corrected chi connectivity index (χ3v) is 4.73. The molecule has 0 bridgehead atoms. The van der Waals surface area contributed by atoms with Gasteiger partial charge in [0.1, 0.15) is 5.82 Å². The lowest BCUT2D eigenvalue weighted by molar-refractivity contribution is -0.132. The van der Waals surface area contributed by atoms with Crippen molar-refractivity contribution in [2.45, 2.75) is 11.3 Å². The molecular weight excluding hydrogens is 347 g/mol. The fourth-order valence-corrected chi connectivity index (χ4v) is 3.11. The minimum Gasteiger partial charge on any atom is -0.478 e. The molecule has 0 spiro atoms. The molecule has 2 aromatic carbocycles. The van der Waals surface area contributed by atoms with E-state index in [1.54, 1.807) is 6.07 Å². The average molecular weight is 364 g/mol. The second kappa shape index (κ2) is 7.58. The van der Waals surface area contributed by atoms with Gasteiger partial charge >= 0.3 is 5.97 Å². The molecule has 0 amide bonds. The molecular formula is C18H17FO5S. The van der Waals surface area contributed by atoms with E-state index in [4.69, 9.17) is 0 Å². The minimum atomic E-state index is -3.40. The number of rotatable bonds is 6. The van der Waals surface area contributed by atoms with Crippen LogP contribution in [0.3, 0.4) is 0 Å². The average Bonchev–Trinajstić information content (AvgIpc) is 2.54. The van der Waals surface area contributed by atoms with Gasteiger partial charge < -0.3 is 10.2 Å². The van der Waals surface area contributed by atoms with E-state index in [9.17, 15) is 27.8 Å². The molecule has 0 saturated carbocycles. The molecule has 0 aliphatic rings. The van der Waals surface area contributed by atoms with E-state index in [-0.39, 0.29) is 29.1 Å². The molecule has 25 heavy (non-hydrogen) atoms. The Labute approximate surface area is 145 Å². The maximum atomic E-state index is 13.6. The maximum Gasteiger partial charge on any atom is 0.332 e. The maximum absolute atomic E-state index is 13.6. The van der Waals surface area contributed by atoms with E-state index < -0.39 is 21.6 Å². The van der Waals surface area contributed by atoms with Crippen LogP contribution in [0.4, 0.5) is 4.39 Å². The molecule has 132 valence electrons. The van der Waals surface area contributed by atoms with Crippen molar-refractivity contribution in [2.75, 3.05) is 12.9 Å². The van der Waals surface area contributed by atoms with Crippen LogP contribution in [0.5, 0.6) is 0 Å². The molecule has 0 heterocycles. The SMILES string of the molecule is CS(=O)(=O)c1ccc(C(=C(CCO)C(=O)O)c2cccc(F)c2)cc1. The predicted molar refractivity (Wildman–Crippen MR) is 91.3 cm³/mol. The van der Waals surface area contributed by atoms with Gasteiger partial charge in [0.2, 0.25) is 0 Å². The number of hydrogen-bond donors (Lipinski definition) is 2. The third-order valence-electron chi connectivity index (χ3n) is 3.61. The molecule has 7 heteroatoms. The standard InChI is InChI=1S/C18H17FO5S/c1-25(23,24)15-7-5-12(6-8-15)17(16(9-10-20)18(21)22)13-3-2-4-14(19)11-13/h2-8,11,20H,9-10H2,1H3,(H,21,22). The summed E-state index contributed by atoms with van der Waals surface area (Å²) < 4.78 is 36.8. The topological polar surface area (TPSA) is 91.7 Å². The summed E-state index contributed by atoms with van der Waals surface area (Å²) in [5.74, 6) is -1.77. The van der Waals surface area contributed by atoms with Gasteiger partial charge in [-0.3, -0.25) is 0 Å². The molecule has 2 aromatic rings. The van der Waals surface area contributed by atoms with Crippen molar-refractivity contribution in [1.29, 1.82) is 0 Å². The van der Waals surface area contributed by atoms with Crippen molar-refractivity contribution in [3.63, 3.8) is 0 Å². The van der Waals surface area contributed by atoms with E-state index in [1.165, 1.54) is 42.5 Å². The number of carboxylic acid groups (broad SMARTS) is 1. The van der Waals surface area contributed by atoms with Gasteiger partial charge in [-0.2, -0.15) is 0 Å². The number of aliphatic carboxylic acids is 1. The quantitative estimate of drug-likeness (QED) is 0.769. The van der Waals surface area contributed by atoms with E-state index in [2.05, 4.69) is 0 Å². The highest BCUT2D eigenvalue weighted by molar-refractivity contribution is 7.90. The second-order valence-electron chi connectivity index (χ2n) is 5.44. The number of halogens is 1. The largest absolute Gasteiger partial charge is 0.478 e. The predicted octanol–water partition coefficient (Wildman–Crippen LogP) is 2.50. The first-order valence-corrected chi connectivity index (χ1v) is 9.27. The lowest BCUT2D eigenvalue weighted by atomic mass is 9.91. The number of sulfone groups is 1. The Bertz CT molecular complexity index is 915. The van der Waals surface area contributed by atoms with Crippen molar-refractivity contribution >= 4 is 21.4 Å². The molecule has 2 N–H and O–H groups in total. The molecule has 0 aliphatic carbocycles. The Morgan fingerprint density at radius 1 is 1.08 bits per heavy atom. The van der Waals surface area contributed by atoms with Gasteiger partial charge in [-0.25, -0.2) is 17.6 Å². The van der Waals surface area contributed by atoms with Crippen LogP contribution in [0.25, 0.3) is 5.57 Å². The van der Waals surface area contributed by atoms with Crippen LogP contribution in [0.1, 0.15) is 17.5 Å². The van der Waals surface area contributed by atoms with Crippen molar-refractivity contribution in [3.05, 3.63) is 71.0 Å². The molecule has 0 aromatic heterocycles. The lowest BCUT2D eigenvalue weighted by Crippen LogP contribution is -2.08. The Morgan fingerprint density at radius 3 is 2.20 bits per heavy atom. The third kappa shape index (κ3) is 4.52. The van der Waals surface area contributed by atoms with Crippen LogP contribution in [-0.4, -0.2) is 37.5 Å². The van der Waals surface area contributed by atoms with Crippen LogP contribution >= 0.6 is 0 Å². The van der Waals surface area contributed by atoms with Crippen LogP contribution < -0.4 is 0 Å². The van der Waals surface area contributed by atoms with Crippen molar-refractivity contribution in [3.8, 4) is 0 Å². The zero-order chi connectivity index (χ0) is 18.6. The van der Waals surface area contributed by atoms with Crippen LogP contribution in [0.2, 0.25) is 0 Å². The Hall–Kier alpha value is -2.51. The Balaban J connectivity index is 2.71. The molecule has 0 unspecified atom stereocenters. The number of aliphatic hydroxyl groups is 1. The molecule has 0 saturated heterocycles. The molecule has 0 radical (unpaired) electrons. The molecule has 0 fully saturated rings. The van der Waals surface area contributed by atoms with Gasteiger partial charge in [0.25, 0.3) is 0 Å². The first-order valence-electron chi connectivity index (χ1n) is 7.37. The fourth-order valence-electron chi connectivity index (χ4n) is 2.48. The highest BCUT2D eigenvalue weighted by Crippen LogP contribution is 2.30. The molecule has 0 atom stereocenters. The lowest BCUT2D eigenvalue weighted by Gasteiger charge is -2.14.